The lowest BCUT2D eigenvalue weighted by atomic mass is 10.0. The predicted octanol–water partition coefficient (Wildman–Crippen LogP) is 5.21. The summed E-state index contributed by atoms with van der Waals surface area (Å²) in [6, 6.07) is 16.0. The van der Waals surface area contributed by atoms with Crippen LogP contribution >= 0.6 is 11.8 Å². The van der Waals surface area contributed by atoms with E-state index in [4.69, 9.17) is 4.42 Å². The highest BCUT2D eigenvalue weighted by molar-refractivity contribution is 7.98. The van der Waals surface area contributed by atoms with Crippen LogP contribution in [0.25, 0.3) is 27.5 Å². The van der Waals surface area contributed by atoms with Crippen LogP contribution in [0.3, 0.4) is 0 Å². The molecule has 5 aromatic rings. The van der Waals surface area contributed by atoms with Crippen molar-refractivity contribution in [2.75, 3.05) is 0 Å². The minimum Gasteiger partial charge on any atom is -0.422 e. The predicted molar refractivity (Wildman–Crippen MR) is 117 cm³/mol. The summed E-state index contributed by atoms with van der Waals surface area (Å²) in [5, 5.41) is 11.7. The zero-order valence-electron chi connectivity index (χ0n) is 16.4. The van der Waals surface area contributed by atoms with Gasteiger partial charge in [0.15, 0.2) is 10.8 Å². The number of nitrogens with zero attached hydrogens (tertiary/aromatic N) is 3. The third kappa shape index (κ3) is 2.91. The highest BCUT2D eigenvalue weighted by atomic mass is 32.2. The molecule has 0 aliphatic rings. The number of aromatic nitrogens is 3. The summed E-state index contributed by atoms with van der Waals surface area (Å²) in [5.74, 6) is 0.605. The van der Waals surface area contributed by atoms with Gasteiger partial charge < -0.3 is 4.42 Å². The Bertz CT molecular complexity index is 1470. The third-order valence-corrected chi connectivity index (χ3v) is 6.43. The van der Waals surface area contributed by atoms with Crippen molar-refractivity contribution in [1.82, 2.24) is 14.6 Å². The molecule has 6 heteroatoms. The average Bonchev–Trinajstić information content (AvgIpc) is 3.12. The molecule has 5 rings (SSSR count). The van der Waals surface area contributed by atoms with Crippen LogP contribution in [0.1, 0.15) is 22.3 Å². The van der Waals surface area contributed by atoms with Crippen LogP contribution in [0.15, 0.2) is 62.9 Å². The SMILES string of the molecule is Cc1ccc2c(CSc3nnc4cc(C)c5ccccc5n34)cc(=O)oc2c1C. The van der Waals surface area contributed by atoms with Crippen molar-refractivity contribution in [3.63, 3.8) is 0 Å². The maximum atomic E-state index is 12.1. The van der Waals surface area contributed by atoms with E-state index in [2.05, 4.69) is 45.8 Å². The van der Waals surface area contributed by atoms with Gasteiger partial charge >= 0.3 is 5.63 Å². The minimum atomic E-state index is -0.325. The molecule has 3 heterocycles. The number of pyridine rings is 1. The van der Waals surface area contributed by atoms with Crippen molar-refractivity contribution in [3.05, 3.63) is 81.2 Å². The fourth-order valence-corrected chi connectivity index (χ4v) is 4.70. The molecule has 0 fully saturated rings. The number of benzene rings is 2. The number of hydrogen-bond acceptors (Lipinski definition) is 5. The zero-order chi connectivity index (χ0) is 20.1. The molecular formula is C23H19N3O2S. The maximum absolute atomic E-state index is 12.1. The Balaban J connectivity index is 1.61. The van der Waals surface area contributed by atoms with Crippen LogP contribution in [-0.4, -0.2) is 14.6 Å². The van der Waals surface area contributed by atoms with E-state index in [0.717, 1.165) is 38.4 Å². The van der Waals surface area contributed by atoms with Crippen molar-refractivity contribution in [2.45, 2.75) is 31.7 Å². The molecule has 0 bridgehead atoms. The van der Waals surface area contributed by atoms with Crippen molar-refractivity contribution in [2.24, 2.45) is 0 Å². The van der Waals surface area contributed by atoms with Gasteiger partial charge in [0.1, 0.15) is 5.58 Å². The Labute approximate surface area is 171 Å². The Morgan fingerprint density at radius 3 is 2.66 bits per heavy atom. The number of fused-ring (bicyclic) bond motifs is 4. The van der Waals surface area contributed by atoms with E-state index in [-0.39, 0.29) is 5.63 Å². The van der Waals surface area contributed by atoms with Crippen LogP contribution < -0.4 is 5.63 Å². The number of aryl methyl sites for hydroxylation is 3. The molecule has 0 atom stereocenters. The van der Waals surface area contributed by atoms with Gasteiger partial charge in [-0.05, 0) is 55.2 Å². The van der Waals surface area contributed by atoms with E-state index in [0.29, 0.717) is 11.3 Å². The van der Waals surface area contributed by atoms with Crippen molar-refractivity contribution in [3.8, 4) is 0 Å². The van der Waals surface area contributed by atoms with Gasteiger partial charge in [-0.15, -0.1) is 10.2 Å². The van der Waals surface area contributed by atoms with E-state index < -0.39 is 0 Å². The fraction of sp³-hybridized carbons (Fsp3) is 0.174. The summed E-state index contributed by atoms with van der Waals surface area (Å²) in [4.78, 5) is 12.1. The van der Waals surface area contributed by atoms with Crippen LogP contribution in [-0.2, 0) is 5.75 Å². The molecule has 3 aromatic heterocycles. The molecule has 0 saturated heterocycles. The lowest BCUT2D eigenvalue weighted by molar-refractivity contribution is 0.557. The zero-order valence-corrected chi connectivity index (χ0v) is 17.2. The topological polar surface area (TPSA) is 60.4 Å². The van der Waals surface area contributed by atoms with Crippen molar-refractivity contribution >= 4 is 39.3 Å². The van der Waals surface area contributed by atoms with Gasteiger partial charge in [-0.2, -0.15) is 0 Å². The molecule has 0 unspecified atom stereocenters. The first-order valence-corrected chi connectivity index (χ1v) is 10.4. The molecule has 0 N–H and O–H groups in total. The second-order valence-electron chi connectivity index (χ2n) is 7.28. The maximum Gasteiger partial charge on any atom is 0.336 e. The molecule has 2 aromatic carbocycles. The lowest BCUT2D eigenvalue weighted by Gasteiger charge is -2.09. The second kappa shape index (κ2) is 6.74. The smallest absolute Gasteiger partial charge is 0.336 e. The second-order valence-corrected chi connectivity index (χ2v) is 8.23. The summed E-state index contributed by atoms with van der Waals surface area (Å²) in [7, 11) is 0. The largest absolute Gasteiger partial charge is 0.422 e. The monoisotopic (exact) mass is 401 g/mol. The molecule has 144 valence electrons. The summed E-state index contributed by atoms with van der Waals surface area (Å²) in [6.45, 7) is 6.09. The lowest BCUT2D eigenvalue weighted by Crippen LogP contribution is -2.02. The standard InChI is InChI=1S/C23H19N3O2S/c1-13-8-9-18-16(11-21(27)28-22(18)15(13)3)12-29-23-25-24-20-10-14(2)17-6-4-5-7-19(17)26(20)23/h4-11H,12H2,1-3H3. The van der Waals surface area contributed by atoms with E-state index in [1.54, 1.807) is 17.8 Å². The van der Waals surface area contributed by atoms with Gasteiger partial charge in [0.25, 0.3) is 0 Å². The fourth-order valence-electron chi connectivity index (χ4n) is 3.75. The summed E-state index contributed by atoms with van der Waals surface area (Å²) < 4.78 is 7.57. The summed E-state index contributed by atoms with van der Waals surface area (Å²) >= 11 is 1.57. The normalized spacial score (nSPS) is 11.7. The highest BCUT2D eigenvalue weighted by Crippen LogP contribution is 2.30. The molecule has 0 amide bonds. The van der Waals surface area contributed by atoms with Crippen LogP contribution in [0, 0.1) is 20.8 Å². The molecule has 0 aliphatic carbocycles. The van der Waals surface area contributed by atoms with E-state index in [1.807, 2.05) is 32.0 Å². The van der Waals surface area contributed by atoms with E-state index in [1.165, 1.54) is 10.9 Å². The number of para-hydroxylation sites is 1. The van der Waals surface area contributed by atoms with Gasteiger partial charge in [-0.1, -0.05) is 42.1 Å². The molecule has 0 saturated carbocycles. The number of rotatable bonds is 3. The molecule has 29 heavy (non-hydrogen) atoms. The van der Waals surface area contributed by atoms with Crippen LogP contribution in [0.2, 0.25) is 0 Å². The van der Waals surface area contributed by atoms with Crippen LogP contribution in [0.5, 0.6) is 0 Å². The number of thioether (sulfide) groups is 1. The Morgan fingerprint density at radius 1 is 0.966 bits per heavy atom. The molecule has 0 radical (unpaired) electrons. The van der Waals surface area contributed by atoms with Crippen molar-refractivity contribution < 1.29 is 4.42 Å². The van der Waals surface area contributed by atoms with Gasteiger partial charge in [0.05, 0.1) is 5.52 Å². The minimum absolute atomic E-state index is 0.325. The van der Waals surface area contributed by atoms with Gasteiger partial charge in [0, 0.05) is 22.6 Å². The van der Waals surface area contributed by atoms with Gasteiger partial charge in [0.2, 0.25) is 0 Å². The molecule has 5 nitrogen and oxygen atoms in total. The van der Waals surface area contributed by atoms with Gasteiger partial charge in [-0.25, -0.2) is 4.79 Å². The quantitative estimate of drug-likeness (QED) is 0.307. The van der Waals surface area contributed by atoms with E-state index in [9.17, 15) is 4.79 Å². The summed E-state index contributed by atoms with van der Waals surface area (Å²) in [6.07, 6.45) is 0. The number of hydrogen-bond donors (Lipinski definition) is 0. The van der Waals surface area contributed by atoms with Gasteiger partial charge in [-0.3, -0.25) is 4.40 Å². The summed E-state index contributed by atoms with van der Waals surface area (Å²) in [5.41, 5.74) is 6.48. The average molecular weight is 401 g/mol. The molecular weight excluding hydrogens is 382 g/mol. The van der Waals surface area contributed by atoms with E-state index >= 15 is 0 Å². The third-order valence-electron chi connectivity index (χ3n) is 5.45. The Morgan fingerprint density at radius 2 is 1.79 bits per heavy atom. The van der Waals surface area contributed by atoms with Crippen LogP contribution in [0.4, 0.5) is 0 Å². The first-order chi connectivity index (χ1) is 14.0. The first-order valence-electron chi connectivity index (χ1n) is 9.42. The molecule has 0 aliphatic heterocycles. The highest BCUT2D eigenvalue weighted by Gasteiger charge is 2.14. The first kappa shape index (κ1) is 17.9. The Hall–Kier alpha value is -3.12. The Kier molecular flexibility index (Phi) is 4.17. The van der Waals surface area contributed by atoms with Crippen molar-refractivity contribution in [1.29, 1.82) is 0 Å². The molecule has 0 spiro atoms.